The quantitative estimate of drug-likeness (QED) is 0.286. The molecule has 1 fully saturated rings. The van der Waals surface area contributed by atoms with Crippen LogP contribution in [-0.4, -0.2) is 57.3 Å². The van der Waals surface area contributed by atoms with E-state index in [2.05, 4.69) is 5.32 Å². The molecule has 0 aliphatic carbocycles. The maximum atomic E-state index is 10.8. The van der Waals surface area contributed by atoms with Crippen LogP contribution in [0.1, 0.15) is 0 Å². The van der Waals surface area contributed by atoms with E-state index in [0.29, 0.717) is 0 Å². The fourth-order valence-electron chi connectivity index (χ4n) is 1.09. The minimum Gasteiger partial charge on any atom is -0.394 e. The number of carbonyl (C=O) groups excluding carboxylic acids is 1. The predicted molar refractivity (Wildman–Crippen MR) is 37.0 cm³/mol. The first-order valence-corrected chi connectivity index (χ1v) is 3.53. The van der Waals surface area contributed by atoms with Crippen LogP contribution in [0.5, 0.6) is 0 Å². The Balaban J connectivity index is 2.70. The van der Waals surface area contributed by atoms with E-state index < -0.39 is 36.9 Å². The van der Waals surface area contributed by atoms with Crippen LogP contribution >= 0.6 is 0 Å². The summed E-state index contributed by atoms with van der Waals surface area (Å²) < 4.78 is 0. The third-order valence-electron chi connectivity index (χ3n) is 1.88. The summed E-state index contributed by atoms with van der Waals surface area (Å²) in [5, 5.41) is 37.9. The van der Waals surface area contributed by atoms with Gasteiger partial charge >= 0.3 is 0 Å². The van der Waals surface area contributed by atoms with Crippen molar-refractivity contribution in [1.29, 1.82) is 0 Å². The molecule has 0 aromatic carbocycles. The van der Waals surface area contributed by atoms with Crippen molar-refractivity contribution in [3.05, 3.63) is 0 Å². The van der Waals surface area contributed by atoms with Crippen LogP contribution in [0.3, 0.4) is 0 Å². The van der Waals surface area contributed by atoms with E-state index >= 15 is 0 Å². The molecule has 1 heterocycles. The summed E-state index contributed by atoms with van der Waals surface area (Å²) in [6.45, 7) is -0.476. The van der Waals surface area contributed by atoms with E-state index in [4.69, 9.17) is 20.4 Å². The highest BCUT2D eigenvalue weighted by molar-refractivity contribution is 5.82. The molecule has 12 heavy (non-hydrogen) atoms. The molecule has 0 aromatic heterocycles. The molecule has 1 aliphatic heterocycles. The number of piperidine rings is 1. The summed E-state index contributed by atoms with van der Waals surface area (Å²) >= 11 is 0. The number of nitrogens with one attached hydrogen (secondary N) is 1. The first-order valence-electron chi connectivity index (χ1n) is 3.53. The third-order valence-corrected chi connectivity index (χ3v) is 1.88. The molecule has 0 unspecified atom stereocenters. The Morgan fingerprint density at radius 1 is 1.25 bits per heavy atom. The molecule has 5 N–H and O–H groups in total. The van der Waals surface area contributed by atoms with Gasteiger partial charge in [-0.05, 0) is 0 Å². The minimum atomic E-state index is -1.62. The van der Waals surface area contributed by atoms with Crippen LogP contribution < -0.4 is 5.32 Å². The monoisotopic (exact) mass is 177 g/mol. The van der Waals surface area contributed by atoms with Gasteiger partial charge in [0, 0.05) is 0 Å². The molecule has 0 spiro atoms. The van der Waals surface area contributed by atoms with Crippen molar-refractivity contribution >= 4 is 5.91 Å². The van der Waals surface area contributed by atoms with Crippen LogP contribution in [0.25, 0.3) is 0 Å². The van der Waals surface area contributed by atoms with Gasteiger partial charge in [-0.15, -0.1) is 0 Å². The lowest BCUT2D eigenvalue weighted by atomic mass is 9.96. The standard InChI is InChI=1S/C6H11NO5/c8-1-2-3(9)4(10)5(11)6(12)7-2/h2-5,8-11H,1H2,(H,7,12)/t2-,3-,4+,5-/m1/s1. The summed E-state index contributed by atoms with van der Waals surface area (Å²) in [5.74, 6) is -0.785. The van der Waals surface area contributed by atoms with Crippen molar-refractivity contribution in [1.82, 2.24) is 5.32 Å². The SMILES string of the molecule is O=C1N[C@H](CO)[C@@H](O)[C@H](O)[C@H]1O. The molecule has 0 aromatic rings. The molecule has 6 heteroatoms. The molecule has 6 nitrogen and oxygen atoms in total. The Morgan fingerprint density at radius 2 is 1.83 bits per heavy atom. The number of hydrogen-bond donors (Lipinski definition) is 5. The third kappa shape index (κ3) is 1.42. The van der Waals surface area contributed by atoms with Gasteiger partial charge in [0.25, 0.3) is 5.91 Å². The number of aliphatic hydroxyl groups excluding tert-OH is 4. The van der Waals surface area contributed by atoms with Gasteiger partial charge in [-0.2, -0.15) is 0 Å². The lowest BCUT2D eigenvalue weighted by Gasteiger charge is -2.34. The van der Waals surface area contributed by atoms with Gasteiger partial charge in [0.1, 0.15) is 12.2 Å². The first kappa shape index (κ1) is 9.40. The van der Waals surface area contributed by atoms with E-state index in [1.54, 1.807) is 0 Å². The summed E-state index contributed by atoms with van der Waals surface area (Å²) in [5.41, 5.74) is 0. The molecule has 4 atom stereocenters. The smallest absolute Gasteiger partial charge is 0.252 e. The van der Waals surface area contributed by atoms with Gasteiger partial charge in [0.15, 0.2) is 6.10 Å². The Morgan fingerprint density at radius 3 is 2.33 bits per heavy atom. The Kier molecular flexibility index (Phi) is 2.63. The minimum absolute atomic E-state index is 0.476. The zero-order valence-corrected chi connectivity index (χ0v) is 6.21. The average Bonchev–Trinajstić information content (AvgIpc) is 2.08. The van der Waals surface area contributed by atoms with Crippen molar-refractivity contribution < 1.29 is 25.2 Å². The van der Waals surface area contributed by atoms with Crippen LogP contribution in [-0.2, 0) is 4.79 Å². The van der Waals surface area contributed by atoms with Crippen molar-refractivity contribution in [2.45, 2.75) is 24.4 Å². The summed E-state index contributed by atoms with van der Waals surface area (Å²) in [7, 11) is 0. The maximum absolute atomic E-state index is 10.8. The maximum Gasteiger partial charge on any atom is 0.252 e. The van der Waals surface area contributed by atoms with Gasteiger partial charge in [-0.1, -0.05) is 0 Å². The molecule has 1 rings (SSSR count). The predicted octanol–water partition coefficient (Wildman–Crippen LogP) is -3.44. The number of rotatable bonds is 1. The second-order valence-corrected chi connectivity index (χ2v) is 2.72. The number of amides is 1. The molecule has 1 aliphatic rings. The lowest BCUT2D eigenvalue weighted by Crippen LogP contribution is -2.63. The second kappa shape index (κ2) is 3.36. The topological polar surface area (TPSA) is 110 Å². The number of hydrogen-bond acceptors (Lipinski definition) is 5. The van der Waals surface area contributed by atoms with Crippen molar-refractivity contribution in [3.8, 4) is 0 Å². The highest BCUT2D eigenvalue weighted by Crippen LogP contribution is 2.10. The average molecular weight is 177 g/mol. The number of aliphatic hydroxyl groups is 4. The zero-order chi connectivity index (χ0) is 9.30. The molecular formula is C6H11NO5. The normalized spacial score (nSPS) is 42.5. The summed E-state index contributed by atoms with van der Waals surface area (Å²) in [6, 6.07) is -0.907. The van der Waals surface area contributed by atoms with Crippen molar-refractivity contribution in [2.24, 2.45) is 0 Å². The molecule has 1 saturated heterocycles. The van der Waals surface area contributed by atoms with Gasteiger partial charge in [0.2, 0.25) is 0 Å². The Hall–Kier alpha value is -0.690. The Labute approximate surface area is 68.4 Å². The largest absolute Gasteiger partial charge is 0.394 e. The van der Waals surface area contributed by atoms with Crippen molar-refractivity contribution in [3.63, 3.8) is 0 Å². The van der Waals surface area contributed by atoms with Gasteiger partial charge in [-0.3, -0.25) is 4.79 Å². The zero-order valence-electron chi connectivity index (χ0n) is 6.21. The summed E-state index contributed by atoms with van der Waals surface area (Å²) in [4.78, 5) is 10.8. The molecular weight excluding hydrogens is 166 g/mol. The molecule has 0 bridgehead atoms. The van der Waals surface area contributed by atoms with E-state index in [0.717, 1.165) is 0 Å². The van der Waals surface area contributed by atoms with Gasteiger partial charge < -0.3 is 25.7 Å². The summed E-state index contributed by atoms with van der Waals surface area (Å²) in [6.07, 6.45) is -4.48. The fourth-order valence-corrected chi connectivity index (χ4v) is 1.09. The van der Waals surface area contributed by atoms with E-state index in [-0.39, 0.29) is 0 Å². The van der Waals surface area contributed by atoms with Gasteiger partial charge in [0.05, 0.1) is 12.6 Å². The van der Waals surface area contributed by atoms with Crippen LogP contribution in [0.15, 0.2) is 0 Å². The first-order chi connectivity index (χ1) is 5.57. The highest BCUT2D eigenvalue weighted by Gasteiger charge is 2.40. The molecule has 0 saturated carbocycles. The molecule has 70 valence electrons. The van der Waals surface area contributed by atoms with Crippen LogP contribution in [0.4, 0.5) is 0 Å². The number of carbonyl (C=O) groups is 1. The highest BCUT2D eigenvalue weighted by atomic mass is 16.4. The van der Waals surface area contributed by atoms with Gasteiger partial charge in [-0.25, -0.2) is 0 Å². The molecule has 1 amide bonds. The van der Waals surface area contributed by atoms with E-state index in [9.17, 15) is 4.79 Å². The van der Waals surface area contributed by atoms with E-state index in [1.807, 2.05) is 0 Å². The van der Waals surface area contributed by atoms with Crippen LogP contribution in [0, 0.1) is 0 Å². The Bertz CT molecular complexity index is 183. The van der Waals surface area contributed by atoms with Crippen LogP contribution in [0.2, 0.25) is 0 Å². The van der Waals surface area contributed by atoms with E-state index in [1.165, 1.54) is 0 Å². The second-order valence-electron chi connectivity index (χ2n) is 2.72. The van der Waals surface area contributed by atoms with Crippen molar-refractivity contribution in [2.75, 3.05) is 6.61 Å². The lowest BCUT2D eigenvalue weighted by molar-refractivity contribution is -0.155. The fraction of sp³-hybridized carbons (Fsp3) is 0.833. The molecule has 0 radical (unpaired) electrons.